The van der Waals surface area contributed by atoms with Gasteiger partial charge in [-0.25, -0.2) is 28.8 Å². The van der Waals surface area contributed by atoms with Gasteiger partial charge in [0.1, 0.15) is 37.6 Å². The van der Waals surface area contributed by atoms with Crippen LogP contribution in [-0.4, -0.2) is 173 Å². The summed E-state index contributed by atoms with van der Waals surface area (Å²) in [6.07, 6.45) is -15.7. The van der Waals surface area contributed by atoms with Crippen LogP contribution >= 0.6 is 11.8 Å². The molecule has 2 saturated heterocycles. The van der Waals surface area contributed by atoms with E-state index < -0.39 is 116 Å². The highest BCUT2D eigenvalue weighted by Crippen LogP contribution is 2.36. The van der Waals surface area contributed by atoms with Crippen molar-refractivity contribution in [1.82, 2.24) is 5.32 Å². The molecule has 2 heterocycles. The summed E-state index contributed by atoms with van der Waals surface area (Å²) in [6, 6.07) is 45.5. The zero-order valence-corrected chi connectivity index (χ0v) is 49.5. The zero-order valence-electron chi connectivity index (χ0n) is 48.6. The highest BCUT2D eigenvalue weighted by atomic mass is 32.2. The molecule has 23 heteroatoms. The van der Waals surface area contributed by atoms with Crippen LogP contribution in [0.5, 0.6) is 0 Å². The number of carbonyl (C=O) groups excluding carboxylic acids is 8. The van der Waals surface area contributed by atoms with E-state index in [2.05, 4.69) is 5.32 Å². The Balaban J connectivity index is 1.19. The highest BCUT2D eigenvalue weighted by molar-refractivity contribution is 8.13. The van der Waals surface area contributed by atoms with Gasteiger partial charge in [-0.15, -0.1) is 0 Å². The summed E-state index contributed by atoms with van der Waals surface area (Å²) in [5.41, 5.74) is 0.477. The molecule has 0 radical (unpaired) electrons. The smallest absolute Gasteiger partial charge is 0.338 e. The van der Waals surface area contributed by atoms with E-state index in [9.17, 15) is 38.4 Å². The molecular formula is C66H67NO21S. The van der Waals surface area contributed by atoms with Gasteiger partial charge in [0.05, 0.1) is 79.6 Å². The molecule has 2 aliphatic rings. The van der Waals surface area contributed by atoms with Gasteiger partial charge in [0.25, 0.3) is 0 Å². The highest BCUT2D eigenvalue weighted by Gasteiger charge is 2.57. The third-order valence-electron chi connectivity index (χ3n) is 13.5. The minimum atomic E-state index is -1.92. The summed E-state index contributed by atoms with van der Waals surface area (Å²) < 4.78 is 80.7. The van der Waals surface area contributed by atoms with Crippen LogP contribution < -0.4 is 5.32 Å². The van der Waals surface area contributed by atoms with Crippen molar-refractivity contribution in [1.29, 1.82) is 0 Å². The molecule has 10 atom stereocenters. The number of nitrogens with one attached hydrogen (secondary N) is 1. The molecule has 2 fully saturated rings. The Labute approximate surface area is 517 Å². The van der Waals surface area contributed by atoms with Crippen molar-refractivity contribution >= 4 is 58.6 Å². The third-order valence-corrected chi connectivity index (χ3v) is 14.2. The SMILES string of the molecule is CC(=O)N[C@H]1[C@@H](O[C@H]2[C@H](OC(=O)c3ccccc3)[C@@H](OC(=O)c3ccccc3)[C@H](OCCOCCOCCOCCSC(C)=O)O[C@@H]2COC(=O)c2ccccc2)O[C@H](COC(=O)c2ccccc2)[C@H](OC(=O)c2ccccc2)[C@@H]1OC(=O)c1ccccc1. The Morgan fingerprint density at radius 1 is 0.382 bits per heavy atom. The van der Waals surface area contributed by atoms with Gasteiger partial charge in [0.15, 0.2) is 42.1 Å². The molecule has 1 N–H and O–H groups in total. The Kier molecular flexibility index (Phi) is 25.9. The summed E-state index contributed by atoms with van der Waals surface area (Å²) >= 11 is 1.16. The van der Waals surface area contributed by atoms with Gasteiger partial charge in [-0.05, 0) is 72.8 Å². The van der Waals surface area contributed by atoms with E-state index in [1.165, 1.54) is 79.7 Å². The minimum absolute atomic E-state index is 0.00140. The van der Waals surface area contributed by atoms with Gasteiger partial charge in [-0.2, -0.15) is 0 Å². The lowest BCUT2D eigenvalue weighted by molar-refractivity contribution is -0.345. The van der Waals surface area contributed by atoms with Crippen LogP contribution in [0.25, 0.3) is 0 Å². The van der Waals surface area contributed by atoms with Crippen molar-refractivity contribution in [3.05, 3.63) is 215 Å². The van der Waals surface area contributed by atoms with Crippen molar-refractivity contribution in [2.24, 2.45) is 0 Å². The monoisotopic (exact) mass is 1240 g/mol. The van der Waals surface area contributed by atoms with Gasteiger partial charge in [-0.3, -0.25) is 9.59 Å². The van der Waals surface area contributed by atoms with E-state index in [0.717, 1.165) is 18.7 Å². The number of ether oxygens (including phenoxy) is 13. The van der Waals surface area contributed by atoms with Crippen molar-refractivity contribution in [2.75, 3.05) is 65.2 Å². The van der Waals surface area contributed by atoms with Crippen LogP contribution in [0.3, 0.4) is 0 Å². The fourth-order valence-corrected chi connectivity index (χ4v) is 9.74. The maximum absolute atomic E-state index is 14.6. The normalized spacial score (nSPS) is 21.2. The van der Waals surface area contributed by atoms with E-state index in [4.69, 9.17) is 61.6 Å². The van der Waals surface area contributed by atoms with Crippen molar-refractivity contribution in [2.45, 2.75) is 75.2 Å². The van der Waals surface area contributed by atoms with Crippen molar-refractivity contribution < 1.29 is 99.9 Å². The molecule has 8 rings (SSSR count). The second-order valence-corrected chi connectivity index (χ2v) is 21.1. The summed E-state index contributed by atoms with van der Waals surface area (Å²) in [5.74, 6) is -5.66. The number of rotatable bonds is 30. The largest absolute Gasteiger partial charge is 0.459 e. The first-order valence-corrected chi connectivity index (χ1v) is 29.5. The molecule has 1 amide bonds. The Bertz CT molecular complexity index is 3220. The van der Waals surface area contributed by atoms with Crippen LogP contribution in [0, 0.1) is 0 Å². The van der Waals surface area contributed by atoms with Crippen molar-refractivity contribution in [3.8, 4) is 0 Å². The van der Waals surface area contributed by atoms with Gasteiger partial charge in [0.2, 0.25) is 5.91 Å². The number of esters is 6. The van der Waals surface area contributed by atoms with E-state index in [1.54, 1.807) is 109 Å². The average Bonchev–Trinajstić information content (AvgIpc) is 1.47. The Hall–Kier alpha value is -8.65. The number of thioether (sulfide) groups is 1. The van der Waals surface area contributed by atoms with Gasteiger partial charge < -0.3 is 66.9 Å². The van der Waals surface area contributed by atoms with Crippen LogP contribution in [-0.2, 0) is 71.2 Å². The second kappa shape index (κ2) is 34.8. The van der Waals surface area contributed by atoms with Crippen LogP contribution in [0.1, 0.15) is 76.0 Å². The Morgan fingerprint density at radius 3 is 1.12 bits per heavy atom. The molecule has 0 unspecified atom stereocenters. The van der Waals surface area contributed by atoms with Crippen LogP contribution in [0.4, 0.5) is 0 Å². The summed E-state index contributed by atoms with van der Waals surface area (Å²) in [7, 11) is 0. The Morgan fingerprint density at radius 2 is 0.719 bits per heavy atom. The average molecular weight is 1240 g/mol. The number of amides is 1. The molecule has 89 heavy (non-hydrogen) atoms. The first-order valence-electron chi connectivity index (χ1n) is 28.5. The predicted octanol–water partition coefficient (Wildman–Crippen LogP) is 7.29. The fraction of sp³-hybridized carbons (Fsp3) is 0.333. The second-order valence-electron chi connectivity index (χ2n) is 19.8. The molecule has 0 spiro atoms. The topological polar surface area (TPSA) is 269 Å². The first-order chi connectivity index (χ1) is 43.3. The quantitative estimate of drug-likeness (QED) is 0.0263. The molecular weight excluding hydrogens is 1170 g/mol. The molecule has 6 aromatic rings. The number of hydrogen-bond donors (Lipinski definition) is 1. The number of benzene rings is 6. The molecule has 0 bridgehead atoms. The lowest BCUT2D eigenvalue weighted by Gasteiger charge is -2.49. The minimum Gasteiger partial charge on any atom is -0.459 e. The zero-order chi connectivity index (χ0) is 62.7. The maximum Gasteiger partial charge on any atom is 0.338 e. The molecule has 22 nitrogen and oxygen atoms in total. The van der Waals surface area contributed by atoms with E-state index in [1.807, 2.05) is 0 Å². The maximum atomic E-state index is 14.6. The van der Waals surface area contributed by atoms with Gasteiger partial charge >= 0.3 is 35.8 Å². The lowest BCUT2D eigenvalue weighted by atomic mass is 9.94. The van der Waals surface area contributed by atoms with Crippen LogP contribution in [0.2, 0.25) is 0 Å². The standard InChI is InChI=1S/C66H67NO21S/c1-43(68)67-53-56(85-62(73)48-27-15-6-16-28-48)54(84-61(72)47-25-13-5-14-26-47)51(41-80-59(70)45-21-9-3-10-22-45)82-65(53)88-55-52(42-81-60(71)46-23-11-4-12-24-46)83-66(79-38-37-77-34-33-76-35-36-78-39-40-89-44(2)69)58(87-64(75)50-31-19-8-20-32-50)57(55)86-63(74)49-29-17-7-18-30-49/h3-32,51-58,65-66H,33-42H2,1-2H3,(H,67,68)/t51-,52-,53-,54+,55-,56-,57+,58-,65-,66-/m1/s1. The number of hydrogen-bond acceptors (Lipinski definition) is 22. The molecule has 2 aliphatic heterocycles. The first kappa shape index (κ1) is 66.3. The molecule has 6 aromatic carbocycles. The fourth-order valence-electron chi connectivity index (χ4n) is 9.25. The van der Waals surface area contributed by atoms with Crippen LogP contribution in [0.15, 0.2) is 182 Å². The number of carbonyl (C=O) groups is 8. The van der Waals surface area contributed by atoms with E-state index >= 15 is 0 Å². The summed E-state index contributed by atoms with van der Waals surface area (Å²) in [4.78, 5) is 110. The van der Waals surface area contributed by atoms with Gasteiger partial charge in [-0.1, -0.05) is 121 Å². The third kappa shape index (κ3) is 20.2. The van der Waals surface area contributed by atoms with E-state index in [0.29, 0.717) is 19.0 Å². The van der Waals surface area contributed by atoms with Crippen molar-refractivity contribution in [3.63, 3.8) is 0 Å². The summed E-state index contributed by atoms with van der Waals surface area (Å²) in [5, 5.41) is 2.74. The summed E-state index contributed by atoms with van der Waals surface area (Å²) in [6.45, 7) is 2.15. The van der Waals surface area contributed by atoms with E-state index in [-0.39, 0.29) is 71.5 Å². The molecule has 468 valence electrons. The predicted molar refractivity (Wildman–Crippen MR) is 317 cm³/mol. The molecule has 0 saturated carbocycles. The lowest BCUT2D eigenvalue weighted by Crippen LogP contribution is -2.69. The molecule has 0 aliphatic carbocycles. The molecule has 0 aromatic heterocycles. The van der Waals surface area contributed by atoms with Gasteiger partial charge in [0, 0.05) is 19.6 Å².